The number of rotatable bonds is 4. The molecule has 2 N–H and O–H groups in total. The standard InChI is InChI=1S/C16H20FN3O2/c1-16(2,3)20-9-13(8-19-20)15(22)18-7-11-4-5-14(17)12(6-11)10-21/h4-6,8-9,21H,7,10H2,1-3H3,(H,18,22). The van der Waals surface area contributed by atoms with Gasteiger partial charge in [-0.25, -0.2) is 4.39 Å². The van der Waals surface area contributed by atoms with Crippen LogP contribution in [-0.2, 0) is 18.7 Å². The van der Waals surface area contributed by atoms with Gasteiger partial charge in [-0.1, -0.05) is 6.07 Å². The predicted octanol–water partition coefficient (Wildman–Crippen LogP) is 2.20. The molecule has 2 aromatic rings. The molecule has 0 unspecified atom stereocenters. The zero-order valence-corrected chi connectivity index (χ0v) is 12.9. The van der Waals surface area contributed by atoms with Crippen LogP contribution in [0.15, 0.2) is 30.6 Å². The SMILES string of the molecule is CC(C)(C)n1cc(C(=O)NCc2ccc(F)c(CO)c2)cn1. The number of halogens is 1. The summed E-state index contributed by atoms with van der Waals surface area (Å²) in [5.74, 6) is -0.700. The quantitative estimate of drug-likeness (QED) is 0.910. The van der Waals surface area contributed by atoms with Crippen molar-refractivity contribution in [2.45, 2.75) is 39.5 Å². The molecule has 1 amide bonds. The lowest BCUT2D eigenvalue weighted by Gasteiger charge is -2.18. The van der Waals surface area contributed by atoms with Gasteiger partial charge >= 0.3 is 0 Å². The molecule has 1 heterocycles. The van der Waals surface area contributed by atoms with Crippen LogP contribution >= 0.6 is 0 Å². The van der Waals surface area contributed by atoms with Gasteiger partial charge in [0.2, 0.25) is 0 Å². The van der Waals surface area contributed by atoms with Gasteiger partial charge in [-0.2, -0.15) is 5.10 Å². The van der Waals surface area contributed by atoms with Crippen LogP contribution in [0.1, 0.15) is 42.3 Å². The second kappa shape index (κ2) is 6.27. The molecule has 1 aromatic heterocycles. The van der Waals surface area contributed by atoms with Gasteiger partial charge in [0.25, 0.3) is 5.91 Å². The number of benzene rings is 1. The first-order valence-corrected chi connectivity index (χ1v) is 7.03. The van der Waals surface area contributed by atoms with E-state index in [9.17, 15) is 9.18 Å². The summed E-state index contributed by atoms with van der Waals surface area (Å²) in [5, 5.41) is 16.0. The van der Waals surface area contributed by atoms with Crippen LogP contribution in [0.2, 0.25) is 0 Å². The third-order valence-electron chi connectivity index (χ3n) is 3.27. The van der Waals surface area contributed by atoms with Crippen molar-refractivity contribution in [3.05, 3.63) is 53.1 Å². The molecule has 2 rings (SSSR count). The van der Waals surface area contributed by atoms with Gasteiger partial charge in [-0.15, -0.1) is 0 Å². The number of nitrogens with one attached hydrogen (secondary N) is 1. The first-order chi connectivity index (χ1) is 10.3. The summed E-state index contributed by atoms with van der Waals surface area (Å²) in [5.41, 5.74) is 1.22. The number of amides is 1. The summed E-state index contributed by atoms with van der Waals surface area (Å²) >= 11 is 0. The molecule has 22 heavy (non-hydrogen) atoms. The Morgan fingerprint density at radius 2 is 2.14 bits per heavy atom. The number of hydrogen-bond donors (Lipinski definition) is 2. The van der Waals surface area contributed by atoms with Crippen molar-refractivity contribution in [1.29, 1.82) is 0 Å². The van der Waals surface area contributed by atoms with Crippen LogP contribution < -0.4 is 5.32 Å². The lowest BCUT2D eigenvalue weighted by molar-refractivity contribution is 0.0950. The molecule has 0 fully saturated rings. The molecule has 0 atom stereocenters. The third kappa shape index (κ3) is 3.71. The number of aliphatic hydroxyl groups is 1. The first kappa shape index (κ1) is 16.2. The molecular formula is C16H20FN3O2. The van der Waals surface area contributed by atoms with Crippen LogP contribution in [0, 0.1) is 5.82 Å². The second-order valence-electron chi connectivity index (χ2n) is 6.11. The molecule has 0 radical (unpaired) electrons. The van der Waals surface area contributed by atoms with E-state index >= 15 is 0 Å². The van der Waals surface area contributed by atoms with E-state index in [0.717, 1.165) is 5.56 Å². The maximum Gasteiger partial charge on any atom is 0.254 e. The van der Waals surface area contributed by atoms with E-state index in [1.165, 1.54) is 18.3 Å². The van der Waals surface area contributed by atoms with Crippen LogP contribution in [0.25, 0.3) is 0 Å². The van der Waals surface area contributed by atoms with Crippen LogP contribution in [0.4, 0.5) is 4.39 Å². The smallest absolute Gasteiger partial charge is 0.254 e. The molecule has 0 bridgehead atoms. The van der Waals surface area contributed by atoms with Crippen molar-refractivity contribution in [3.8, 4) is 0 Å². The molecule has 0 saturated carbocycles. The third-order valence-corrected chi connectivity index (χ3v) is 3.27. The number of carbonyl (C=O) groups excluding carboxylic acids is 1. The Morgan fingerprint density at radius 1 is 1.41 bits per heavy atom. The molecule has 0 aliphatic rings. The molecule has 1 aromatic carbocycles. The number of carbonyl (C=O) groups is 1. The highest BCUT2D eigenvalue weighted by atomic mass is 19.1. The zero-order valence-electron chi connectivity index (χ0n) is 12.9. The first-order valence-electron chi connectivity index (χ1n) is 7.03. The molecule has 5 nitrogen and oxygen atoms in total. The Bertz CT molecular complexity index is 674. The highest BCUT2D eigenvalue weighted by Gasteiger charge is 2.16. The van der Waals surface area contributed by atoms with E-state index < -0.39 is 5.82 Å². The van der Waals surface area contributed by atoms with E-state index in [1.807, 2.05) is 20.8 Å². The topological polar surface area (TPSA) is 67.2 Å². The highest BCUT2D eigenvalue weighted by molar-refractivity contribution is 5.93. The summed E-state index contributed by atoms with van der Waals surface area (Å²) in [7, 11) is 0. The number of aromatic nitrogens is 2. The van der Waals surface area contributed by atoms with E-state index in [2.05, 4.69) is 10.4 Å². The minimum atomic E-state index is -0.455. The van der Waals surface area contributed by atoms with Gasteiger partial charge in [-0.05, 0) is 38.5 Å². The number of nitrogens with zero attached hydrogens (tertiary/aromatic N) is 2. The predicted molar refractivity (Wildman–Crippen MR) is 80.7 cm³/mol. The van der Waals surface area contributed by atoms with Crippen molar-refractivity contribution < 1.29 is 14.3 Å². The maximum absolute atomic E-state index is 13.3. The second-order valence-corrected chi connectivity index (χ2v) is 6.11. The average molecular weight is 305 g/mol. The fraction of sp³-hybridized carbons (Fsp3) is 0.375. The van der Waals surface area contributed by atoms with Crippen molar-refractivity contribution in [1.82, 2.24) is 15.1 Å². The summed E-state index contributed by atoms with van der Waals surface area (Å²) < 4.78 is 15.0. The highest BCUT2D eigenvalue weighted by Crippen LogP contribution is 2.14. The van der Waals surface area contributed by atoms with Gasteiger partial charge in [0.15, 0.2) is 0 Å². The molecule has 0 aliphatic carbocycles. The van der Waals surface area contributed by atoms with Gasteiger partial charge in [-0.3, -0.25) is 9.48 Å². The summed E-state index contributed by atoms with van der Waals surface area (Å²) in [6.07, 6.45) is 3.21. The van der Waals surface area contributed by atoms with Gasteiger partial charge in [0.05, 0.1) is 23.9 Å². The van der Waals surface area contributed by atoms with Crippen LogP contribution in [0.5, 0.6) is 0 Å². The molecule has 0 aliphatic heterocycles. The number of hydrogen-bond acceptors (Lipinski definition) is 3. The van der Waals surface area contributed by atoms with Crippen molar-refractivity contribution in [2.75, 3.05) is 0 Å². The molecule has 0 spiro atoms. The van der Waals surface area contributed by atoms with Crippen molar-refractivity contribution in [3.63, 3.8) is 0 Å². The summed E-state index contributed by atoms with van der Waals surface area (Å²) in [6, 6.07) is 4.40. The molecule has 118 valence electrons. The fourth-order valence-electron chi connectivity index (χ4n) is 1.95. The summed E-state index contributed by atoms with van der Waals surface area (Å²) in [6.45, 7) is 5.88. The van der Waals surface area contributed by atoms with E-state index in [4.69, 9.17) is 5.11 Å². The normalized spacial score (nSPS) is 11.5. The Labute approximate surface area is 128 Å². The van der Waals surface area contributed by atoms with Crippen LogP contribution in [0.3, 0.4) is 0 Å². The van der Waals surface area contributed by atoms with Crippen LogP contribution in [-0.4, -0.2) is 20.8 Å². The Hall–Kier alpha value is -2.21. The lowest BCUT2D eigenvalue weighted by atomic mass is 10.1. The Balaban J connectivity index is 2.02. The van der Waals surface area contributed by atoms with Gasteiger partial charge < -0.3 is 10.4 Å². The van der Waals surface area contributed by atoms with E-state index in [0.29, 0.717) is 5.56 Å². The average Bonchev–Trinajstić information content (AvgIpc) is 2.96. The molecule has 0 saturated heterocycles. The minimum Gasteiger partial charge on any atom is -0.392 e. The van der Waals surface area contributed by atoms with Crippen molar-refractivity contribution >= 4 is 5.91 Å². The maximum atomic E-state index is 13.3. The van der Waals surface area contributed by atoms with Gasteiger partial charge in [0, 0.05) is 18.3 Å². The largest absolute Gasteiger partial charge is 0.392 e. The fourth-order valence-corrected chi connectivity index (χ4v) is 1.95. The lowest BCUT2D eigenvalue weighted by Crippen LogP contribution is -2.24. The Kier molecular flexibility index (Phi) is 4.61. The monoisotopic (exact) mass is 305 g/mol. The number of aliphatic hydroxyl groups excluding tert-OH is 1. The molecule has 6 heteroatoms. The summed E-state index contributed by atoms with van der Waals surface area (Å²) in [4.78, 5) is 12.1. The Morgan fingerprint density at radius 3 is 2.73 bits per heavy atom. The molecular weight excluding hydrogens is 285 g/mol. The van der Waals surface area contributed by atoms with E-state index in [-0.39, 0.29) is 30.2 Å². The van der Waals surface area contributed by atoms with Crippen molar-refractivity contribution in [2.24, 2.45) is 0 Å². The van der Waals surface area contributed by atoms with Gasteiger partial charge in [0.1, 0.15) is 5.82 Å². The minimum absolute atomic E-state index is 0.189. The zero-order chi connectivity index (χ0) is 16.3. The van der Waals surface area contributed by atoms with E-state index in [1.54, 1.807) is 16.9 Å².